The van der Waals surface area contributed by atoms with E-state index < -0.39 is 58.0 Å². The molecule has 6 aliphatic rings. The van der Waals surface area contributed by atoms with Crippen molar-refractivity contribution in [3.63, 3.8) is 0 Å². The number of nitrogens with zero attached hydrogens (tertiary/aromatic N) is 3. The van der Waals surface area contributed by atoms with Gasteiger partial charge in [-0.3, -0.25) is 38.4 Å². The second-order valence-electron chi connectivity index (χ2n) is 20.2. The van der Waals surface area contributed by atoms with Crippen LogP contribution in [0.2, 0.25) is 0 Å². The van der Waals surface area contributed by atoms with Crippen LogP contribution in [0.5, 0.6) is 0 Å². The Bertz CT molecular complexity index is 1650. The second-order valence-corrected chi connectivity index (χ2v) is 21.4. The molecule has 6 fully saturated rings. The van der Waals surface area contributed by atoms with Crippen LogP contribution >= 0.6 is 0 Å². The van der Waals surface area contributed by atoms with Crippen LogP contribution < -0.4 is 20.7 Å². The van der Waals surface area contributed by atoms with E-state index in [0.29, 0.717) is 13.0 Å². The maximum atomic E-state index is 15.2. The number of carbonyl (C=O) groups excluding carboxylic acids is 5. The maximum absolute atomic E-state index is 15.2. The molecule has 326 valence electrons. The Morgan fingerprint density at radius 1 is 0.897 bits per heavy atom. The highest BCUT2D eigenvalue weighted by Crippen LogP contribution is 2.88. The summed E-state index contributed by atoms with van der Waals surface area (Å²) in [7, 11) is 2.75. The van der Waals surface area contributed by atoms with Gasteiger partial charge in [-0.15, -0.1) is 6.58 Å². The van der Waals surface area contributed by atoms with Gasteiger partial charge >= 0.3 is 0 Å². The number of rotatable bonds is 14. The van der Waals surface area contributed by atoms with Gasteiger partial charge in [0.1, 0.15) is 23.7 Å². The van der Waals surface area contributed by atoms with Gasteiger partial charge in [0.05, 0.1) is 13.2 Å². The fraction of sp³-hybridized carbons (Fsp3) is 0.837. The number of hydrogen-bond acceptors (Lipinski definition) is 8. The zero-order chi connectivity index (χ0) is 42.6. The van der Waals surface area contributed by atoms with E-state index >= 15 is 4.79 Å². The Hall–Kier alpha value is -2.88. The molecule has 14 nitrogen and oxygen atoms in total. The van der Waals surface area contributed by atoms with Crippen LogP contribution in [0.4, 0.5) is 0 Å². The summed E-state index contributed by atoms with van der Waals surface area (Å²) in [5.74, 6) is -2.38. The molecule has 4 N–H and O–H groups in total. The lowest BCUT2D eigenvalue weighted by atomic mass is 9.73. The number of hydrogen-bond donors (Lipinski definition) is 4. The first-order valence-corrected chi connectivity index (χ1v) is 22.9. The average molecular weight is 830 g/mol. The zero-order valence-electron chi connectivity index (χ0n) is 36.5. The number of fused-ring (bicyclic) bond motifs is 1. The molecule has 2 aliphatic heterocycles. The lowest BCUT2D eigenvalue weighted by Gasteiger charge is -2.40. The molecule has 0 aromatic heterocycles. The third kappa shape index (κ3) is 7.67. The molecule has 2 saturated heterocycles. The third-order valence-electron chi connectivity index (χ3n) is 15.7. The lowest BCUT2D eigenvalue weighted by Crippen LogP contribution is -2.63. The molecule has 2 spiro atoms. The molecular weight excluding hydrogens is 759 g/mol. The molecule has 0 aromatic carbocycles. The number of nitrogens with one attached hydrogen (secondary N) is 4. The van der Waals surface area contributed by atoms with Gasteiger partial charge in [-0.1, -0.05) is 77.3 Å². The van der Waals surface area contributed by atoms with E-state index in [2.05, 4.69) is 59.8 Å². The molecule has 6 rings (SSSR count). The Morgan fingerprint density at radius 3 is 2.09 bits per heavy atom. The quantitative estimate of drug-likeness (QED) is 0.151. The van der Waals surface area contributed by atoms with Crippen molar-refractivity contribution in [2.75, 3.05) is 27.2 Å². The Morgan fingerprint density at radius 2 is 1.55 bits per heavy atom. The summed E-state index contributed by atoms with van der Waals surface area (Å²) >= 11 is -2.01. The average Bonchev–Trinajstić information content (AvgIpc) is 3.89. The monoisotopic (exact) mass is 830 g/mol. The molecule has 0 bridgehead atoms. The molecule has 58 heavy (non-hydrogen) atoms. The van der Waals surface area contributed by atoms with Crippen LogP contribution in [0.15, 0.2) is 12.7 Å². The fourth-order valence-electron chi connectivity index (χ4n) is 11.7. The van der Waals surface area contributed by atoms with Gasteiger partial charge in [0, 0.05) is 31.0 Å². The number of carbonyl (C=O) groups is 5. The topological polar surface area (TPSA) is 169 Å². The summed E-state index contributed by atoms with van der Waals surface area (Å²) < 4.78 is 16.2. The first-order chi connectivity index (χ1) is 27.2. The van der Waals surface area contributed by atoms with E-state index in [9.17, 15) is 23.4 Å². The molecule has 0 radical (unpaired) electrons. The standard InChI is InChI=1S/C43H71N7O7S/c1-11-29-24-43(29,38(55)47-58(56)48(9)57-10)46-35(52)31-25-42(40(7,8)41(42)21-17-22-41)26-50(31)37(54)33(39(4,5)6)45-36(53)32(28-18-13-12-14-19-28)44-34(51)30-20-15-16-23-49(30)27(2)3/h11,27-33H,1,12-26H2,2-10H3,(H,44,51)(H,45,53)(H,46,52)(H,47,55). The minimum Gasteiger partial charge on any atom is -0.343 e. The Labute approximate surface area is 348 Å². The van der Waals surface area contributed by atoms with Crippen LogP contribution in [0, 0.1) is 33.5 Å². The van der Waals surface area contributed by atoms with Crippen molar-refractivity contribution in [3.8, 4) is 0 Å². The lowest BCUT2D eigenvalue weighted by molar-refractivity contribution is -0.145. The SMILES string of the molecule is C=CC1CC1(NC(=O)C1CC2(CN1C(=O)C(NC(=O)C(NC(=O)C1CCCCN1C(C)C)C1CCCCC1)C(C)(C)C)C(C)(C)C21CCC1)C(=O)NS(=O)N(C)OC. The van der Waals surface area contributed by atoms with Crippen molar-refractivity contribution in [2.24, 2.45) is 33.5 Å². The summed E-state index contributed by atoms with van der Waals surface area (Å²) in [5.41, 5.74) is -2.55. The normalized spacial score (nSPS) is 31.9. The minimum atomic E-state index is -2.01. The minimum absolute atomic E-state index is 0.00726. The van der Waals surface area contributed by atoms with Gasteiger partial charge in [0.25, 0.3) is 5.91 Å². The number of piperidine rings is 1. The number of amides is 5. The van der Waals surface area contributed by atoms with Crippen molar-refractivity contribution < 1.29 is 33.0 Å². The molecule has 8 unspecified atom stereocenters. The van der Waals surface area contributed by atoms with Gasteiger partial charge in [0.15, 0.2) is 0 Å². The predicted octanol–water partition coefficient (Wildman–Crippen LogP) is 3.89. The van der Waals surface area contributed by atoms with E-state index in [0.717, 1.165) is 81.6 Å². The van der Waals surface area contributed by atoms with Gasteiger partial charge in [0.2, 0.25) is 34.8 Å². The smallest absolute Gasteiger partial charge is 0.259 e. The summed E-state index contributed by atoms with van der Waals surface area (Å²) in [6.07, 6.45) is 12.9. The van der Waals surface area contributed by atoms with Crippen molar-refractivity contribution in [1.29, 1.82) is 0 Å². The van der Waals surface area contributed by atoms with E-state index in [1.165, 1.54) is 14.2 Å². The molecular formula is C43H71N7O7S. The van der Waals surface area contributed by atoms with Crippen LogP contribution in [-0.4, -0.2) is 111 Å². The number of hydroxylamine groups is 1. The van der Waals surface area contributed by atoms with E-state index in [4.69, 9.17) is 4.84 Å². The largest absolute Gasteiger partial charge is 0.343 e. The molecule has 0 aromatic rings. The Balaban J connectivity index is 1.28. The van der Waals surface area contributed by atoms with E-state index in [1.807, 2.05) is 20.8 Å². The van der Waals surface area contributed by atoms with Crippen molar-refractivity contribution in [1.82, 2.24) is 34.9 Å². The maximum Gasteiger partial charge on any atom is 0.259 e. The van der Waals surface area contributed by atoms with Crippen LogP contribution in [0.1, 0.15) is 132 Å². The van der Waals surface area contributed by atoms with Crippen molar-refractivity contribution in [2.45, 2.75) is 168 Å². The molecule has 4 aliphatic carbocycles. The van der Waals surface area contributed by atoms with Gasteiger partial charge in [-0.2, -0.15) is 0 Å². The molecule has 15 heteroatoms. The Kier molecular flexibility index (Phi) is 12.7. The van der Waals surface area contributed by atoms with Crippen molar-refractivity contribution in [3.05, 3.63) is 12.7 Å². The van der Waals surface area contributed by atoms with Crippen LogP contribution in [0.25, 0.3) is 0 Å². The van der Waals surface area contributed by atoms with Crippen molar-refractivity contribution >= 4 is 40.7 Å². The zero-order valence-corrected chi connectivity index (χ0v) is 37.4. The fourth-order valence-corrected chi connectivity index (χ4v) is 12.3. The highest BCUT2D eigenvalue weighted by molar-refractivity contribution is 7.81. The van der Waals surface area contributed by atoms with Crippen LogP contribution in [-0.2, 0) is 40.0 Å². The highest BCUT2D eigenvalue weighted by Gasteiger charge is 2.85. The molecule has 2 heterocycles. The molecule has 5 amide bonds. The summed E-state index contributed by atoms with van der Waals surface area (Å²) in [5, 5.41) is 9.38. The second kappa shape index (κ2) is 16.5. The first-order valence-electron chi connectivity index (χ1n) is 21.8. The molecule has 8 atom stereocenters. The summed E-state index contributed by atoms with van der Waals surface area (Å²) in [6, 6.07) is -2.82. The highest BCUT2D eigenvalue weighted by atomic mass is 32.2. The van der Waals surface area contributed by atoms with Gasteiger partial charge in [-0.05, 0) is 93.9 Å². The van der Waals surface area contributed by atoms with E-state index in [-0.39, 0.29) is 58.4 Å². The molecule has 4 saturated carbocycles. The first kappa shape index (κ1) is 44.7. The van der Waals surface area contributed by atoms with Gasteiger partial charge < -0.3 is 20.9 Å². The van der Waals surface area contributed by atoms with Gasteiger partial charge in [-0.25, -0.2) is 4.21 Å². The predicted molar refractivity (Wildman–Crippen MR) is 222 cm³/mol. The van der Waals surface area contributed by atoms with Crippen LogP contribution in [0.3, 0.4) is 0 Å². The third-order valence-corrected chi connectivity index (χ3v) is 16.7. The summed E-state index contributed by atoms with van der Waals surface area (Å²) in [4.78, 5) is 81.2. The van der Waals surface area contributed by atoms with E-state index in [1.54, 1.807) is 11.0 Å². The number of likely N-dealkylation sites (tertiary alicyclic amines) is 2. The summed E-state index contributed by atoms with van der Waals surface area (Å²) in [6.45, 7) is 19.5.